The smallest absolute Gasteiger partial charge is 0.100 e. The number of aryl methyl sites for hydroxylation is 1. The highest BCUT2D eigenvalue weighted by atomic mass is 79.9. The molecule has 0 aliphatic carbocycles. The van der Waals surface area contributed by atoms with Crippen LogP contribution in [0, 0.1) is 18.3 Å². The van der Waals surface area contributed by atoms with Gasteiger partial charge in [-0.05, 0) is 41.1 Å². The molecular weight excluding hydrogens is 289 g/mol. The van der Waals surface area contributed by atoms with Gasteiger partial charge in [0.25, 0.3) is 0 Å². The van der Waals surface area contributed by atoms with Crippen molar-refractivity contribution in [2.45, 2.75) is 6.92 Å². The van der Waals surface area contributed by atoms with Gasteiger partial charge in [-0.15, -0.1) is 0 Å². The van der Waals surface area contributed by atoms with Crippen molar-refractivity contribution in [3.05, 3.63) is 45.1 Å². The van der Waals surface area contributed by atoms with Gasteiger partial charge in [-0.3, -0.25) is 0 Å². The standard InChI is InChI=1S/C11H7BrClN3/c1-7-11(13)6-16(15-7)9-3-2-8(5-14)10(12)4-9/h2-4,6H,1H3. The van der Waals surface area contributed by atoms with Crippen molar-refractivity contribution in [2.75, 3.05) is 0 Å². The summed E-state index contributed by atoms with van der Waals surface area (Å²) in [7, 11) is 0. The highest BCUT2D eigenvalue weighted by Gasteiger charge is 2.06. The van der Waals surface area contributed by atoms with Gasteiger partial charge < -0.3 is 0 Å². The van der Waals surface area contributed by atoms with E-state index in [9.17, 15) is 0 Å². The third kappa shape index (κ3) is 1.97. The molecular formula is C11H7BrClN3. The monoisotopic (exact) mass is 295 g/mol. The molecule has 0 radical (unpaired) electrons. The van der Waals surface area contributed by atoms with Crippen LogP contribution in [-0.4, -0.2) is 9.78 Å². The number of halogens is 2. The average molecular weight is 297 g/mol. The molecule has 2 aromatic rings. The zero-order chi connectivity index (χ0) is 11.7. The Kier molecular flexibility index (Phi) is 2.99. The molecule has 1 heterocycles. The molecule has 0 fully saturated rings. The van der Waals surface area contributed by atoms with Crippen LogP contribution in [0.5, 0.6) is 0 Å². The van der Waals surface area contributed by atoms with E-state index in [1.807, 2.05) is 19.1 Å². The topological polar surface area (TPSA) is 41.6 Å². The summed E-state index contributed by atoms with van der Waals surface area (Å²) in [5, 5.41) is 13.7. The van der Waals surface area contributed by atoms with Gasteiger partial charge in [-0.25, -0.2) is 4.68 Å². The number of hydrogen-bond acceptors (Lipinski definition) is 2. The van der Waals surface area contributed by atoms with Crippen LogP contribution in [0.2, 0.25) is 5.02 Å². The molecule has 0 aliphatic rings. The lowest BCUT2D eigenvalue weighted by Gasteiger charge is -2.02. The molecule has 16 heavy (non-hydrogen) atoms. The number of aromatic nitrogens is 2. The summed E-state index contributed by atoms with van der Waals surface area (Å²) in [5.41, 5.74) is 2.24. The Morgan fingerprint density at radius 2 is 2.25 bits per heavy atom. The maximum absolute atomic E-state index is 8.80. The van der Waals surface area contributed by atoms with Crippen LogP contribution < -0.4 is 0 Å². The van der Waals surface area contributed by atoms with Crippen molar-refractivity contribution >= 4 is 27.5 Å². The largest absolute Gasteiger partial charge is 0.239 e. The van der Waals surface area contributed by atoms with E-state index in [4.69, 9.17) is 16.9 Å². The maximum Gasteiger partial charge on any atom is 0.100 e. The number of rotatable bonds is 1. The lowest BCUT2D eigenvalue weighted by Crippen LogP contribution is -1.95. The first-order chi connectivity index (χ1) is 7.61. The predicted molar refractivity (Wildman–Crippen MR) is 65.7 cm³/mol. The molecule has 0 unspecified atom stereocenters. The first-order valence-electron chi connectivity index (χ1n) is 4.53. The number of benzene rings is 1. The van der Waals surface area contributed by atoms with Crippen LogP contribution in [0.4, 0.5) is 0 Å². The van der Waals surface area contributed by atoms with E-state index in [1.165, 1.54) is 0 Å². The molecule has 0 aliphatic heterocycles. The SMILES string of the molecule is Cc1nn(-c2ccc(C#N)c(Br)c2)cc1Cl. The van der Waals surface area contributed by atoms with Crippen molar-refractivity contribution in [1.82, 2.24) is 9.78 Å². The highest BCUT2D eigenvalue weighted by Crippen LogP contribution is 2.22. The van der Waals surface area contributed by atoms with Crippen LogP contribution in [0.1, 0.15) is 11.3 Å². The van der Waals surface area contributed by atoms with Crippen LogP contribution in [0.3, 0.4) is 0 Å². The van der Waals surface area contributed by atoms with Gasteiger partial charge in [0.2, 0.25) is 0 Å². The van der Waals surface area contributed by atoms with Crippen molar-refractivity contribution < 1.29 is 0 Å². The molecule has 3 nitrogen and oxygen atoms in total. The Hall–Kier alpha value is -1.31. The summed E-state index contributed by atoms with van der Waals surface area (Å²) in [5.74, 6) is 0. The predicted octanol–water partition coefficient (Wildman–Crippen LogP) is 3.47. The van der Waals surface area contributed by atoms with Crippen molar-refractivity contribution in [1.29, 1.82) is 5.26 Å². The van der Waals surface area contributed by atoms with Crippen LogP contribution in [0.25, 0.3) is 5.69 Å². The van der Waals surface area contributed by atoms with Crippen LogP contribution in [-0.2, 0) is 0 Å². The minimum atomic E-state index is 0.596. The quantitative estimate of drug-likeness (QED) is 0.808. The Morgan fingerprint density at radius 3 is 2.75 bits per heavy atom. The van der Waals surface area contributed by atoms with E-state index in [1.54, 1.807) is 16.9 Å². The first-order valence-corrected chi connectivity index (χ1v) is 5.70. The molecule has 0 amide bonds. The van der Waals surface area contributed by atoms with Crippen molar-refractivity contribution in [3.63, 3.8) is 0 Å². The Balaban J connectivity index is 2.50. The second-order valence-corrected chi connectivity index (χ2v) is 4.54. The lowest BCUT2D eigenvalue weighted by atomic mass is 10.2. The summed E-state index contributed by atoms with van der Waals surface area (Å²) >= 11 is 9.26. The molecule has 5 heteroatoms. The van der Waals surface area contributed by atoms with Gasteiger partial charge in [0.05, 0.1) is 22.0 Å². The second-order valence-electron chi connectivity index (χ2n) is 3.28. The first kappa shape index (κ1) is 11.2. The van der Waals surface area contributed by atoms with E-state index in [0.717, 1.165) is 15.9 Å². The molecule has 0 saturated carbocycles. The fourth-order valence-electron chi connectivity index (χ4n) is 1.31. The summed E-state index contributed by atoms with van der Waals surface area (Å²) in [6.07, 6.45) is 1.74. The van der Waals surface area contributed by atoms with Crippen LogP contribution >= 0.6 is 27.5 Å². The minimum Gasteiger partial charge on any atom is -0.239 e. The average Bonchev–Trinajstić information content (AvgIpc) is 2.59. The van der Waals surface area contributed by atoms with Gasteiger partial charge in [0.1, 0.15) is 6.07 Å². The van der Waals surface area contributed by atoms with E-state index < -0.39 is 0 Å². The summed E-state index contributed by atoms with van der Waals surface area (Å²) in [6, 6.07) is 7.49. The van der Waals surface area contributed by atoms with E-state index in [2.05, 4.69) is 27.1 Å². The summed E-state index contributed by atoms with van der Waals surface area (Å²) < 4.78 is 2.43. The third-order valence-electron chi connectivity index (χ3n) is 2.18. The molecule has 2 rings (SSSR count). The molecule has 0 N–H and O–H groups in total. The fourth-order valence-corrected chi connectivity index (χ4v) is 1.89. The number of nitriles is 1. The highest BCUT2D eigenvalue weighted by molar-refractivity contribution is 9.10. The normalized spacial score (nSPS) is 10.1. The molecule has 0 atom stereocenters. The molecule has 0 saturated heterocycles. The summed E-state index contributed by atoms with van der Waals surface area (Å²) in [4.78, 5) is 0. The zero-order valence-corrected chi connectivity index (χ0v) is 10.7. The summed E-state index contributed by atoms with van der Waals surface area (Å²) in [6.45, 7) is 1.84. The maximum atomic E-state index is 8.80. The van der Waals surface area contributed by atoms with Gasteiger partial charge in [-0.2, -0.15) is 10.4 Å². The van der Waals surface area contributed by atoms with Gasteiger partial charge >= 0.3 is 0 Å². The second kappa shape index (κ2) is 4.28. The van der Waals surface area contributed by atoms with Gasteiger partial charge in [0, 0.05) is 10.7 Å². The van der Waals surface area contributed by atoms with E-state index in [-0.39, 0.29) is 0 Å². The molecule has 1 aromatic heterocycles. The molecule has 0 spiro atoms. The van der Waals surface area contributed by atoms with Gasteiger partial charge in [0.15, 0.2) is 0 Å². The van der Waals surface area contributed by atoms with Gasteiger partial charge in [-0.1, -0.05) is 11.6 Å². The number of hydrogen-bond donors (Lipinski definition) is 0. The fraction of sp³-hybridized carbons (Fsp3) is 0.0909. The lowest BCUT2D eigenvalue weighted by molar-refractivity contribution is 0.862. The van der Waals surface area contributed by atoms with Crippen molar-refractivity contribution in [3.8, 4) is 11.8 Å². The van der Waals surface area contributed by atoms with Crippen LogP contribution in [0.15, 0.2) is 28.9 Å². The Morgan fingerprint density at radius 1 is 1.50 bits per heavy atom. The third-order valence-corrected chi connectivity index (χ3v) is 3.20. The number of nitrogens with zero attached hydrogens (tertiary/aromatic N) is 3. The van der Waals surface area contributed by atoms with Crippen molar-refractivity contribution in [2.24, 2.45) is 0 Å². The molecule has 1 aromatic carbocycles. The van der Waals surface area contributed by atoms with E-state index in [0.29, 0.717) is 10.6 Å². The zero-order valence-electron chi connectivity index (χ0n) is 8.41. The van der Waals surface area contributed by atoms with E-state index >= 15 is 0 Å². The Bertz CT molecular complexity index is 564. The minimum absolute atomic E-state index is 0.596. The molecule has 80 valence electrons. The molecule has 0 bridgehead atoms. The Labute approximate surface area is 106 Å².